The van der Waals surface area contributed by atoms with Crippen molar-refractivity contribution in [2.75, 3.05) is 6.54 Å². The zero-order chi connectivity index (χ0) is 13.7. The molecule has 0 bridgehead atoms. The standard InChI is InChI=1S/C11H14BrN3O3/c1-7(13)4-5-14-11(16)9-3-2-8(15(17)18)6-10(9)12/h2-3,6-7H,4-5,13H2,1H3,(H,14,16). The van der Waals surface area contributed by atoms with E-state index in [1.807, 2.05) is 6.92 Å². The van der Waals surface area contributed by atoms with Crippen molar-refractivity contribution in [2.24, 2.45) is 5.73 Å². The van der Waals surface area contributed by atoms with Crippen LogP contribution in [0.1, 0.15) is 23.7 Å². The first-order chi connectivity index (χ1) is 8.41. The number of benzene rings is 1. The Kier molecular flexibility index (Phi) is 5.24. The first-order valence-electron chi connectivity index (χ1n) is 5.39. The summed E-state index contributed by atoms with van der Waals surface area (Å²) in [6, 6.07) is 4.04. The number of carbonyl (C=O) groups is 1. The molecule has 0 heterocycles. The third-order valence-electron chi connectivity index (χ3n) is 2.29. The number of rotatable bonds is 5. The van der Waals surface area contributed by atoms with Crippen LogP contribution in [0.2, 0.25) is 0 Å². The molecule has 6 nitrogen and oxygen atoms in total. The molecular formula is C11H14BrN3O3. The maximum atomic E-state index is 11.8. The number of carbonyl (C=O) groups excluding carboxylic acids is 1. The van der Waals surface area contributed by atoms with Crippen molar-refractivity contribution in [2.45, 2.75) is 19.4 Å². The predicted octanol–water partition coefficient (Wildman–Crippen LogP) is 1.82. The van der Waals surface area contributed by atoms with Crippen LogP contribution in [0.4, 0.5) is 5.69 Å². The molecule has 0 fully saturated rings. The Labute approximate surface area is 113 Å². The largest absolute Gasteiger partial charge is 0.352 e. The molecule has 1 atom stereocenters. The summed E-state index contributed by atoms with van der Waals surface area (Å²) in [5, 5.41) is 13.3. The minimum Gasteiger partial charge on any atom is -0.352 e. The van der Waals surface area contributed by atoms with E-state index < -0.39 is 4.92 Å². The summed E-state index contributed by atoms with van der Waals surface area (Å²) in [6.07, 6.45) is 0.677. The molecule has 0 aliphatic heterocycles. The number of non-ortho nitro benzene ring substituents is 1. The molecular weight excluding hydrogens is 302 g/mol. The van der Waals surface area contributed by atoms with Crippen molar-refractivity contribution in [3.05, 3.63) is 38.3 Å². The van der Waals surface area contributed by atoms with Crippen LogP contribution in [0.25, 0.3) is 0 Å². The van der Waals surface area contributed by atoms with Gasteiger partial charge in [0.1, 0.15) is 0 Å². The van der Waals surface area contributed by atoms with Gasteiger partial charge in [-0.3, -0.25) is 14.9 Å². The van der Waals surface area contributed by atoms with E-state index >= 15 is 0 Å². The van der Waals surface area contributed by atoms with Gasteiger partial charge in [-0.15, -0.1) is 0 Å². The van der Waals surface area contributed by atoms with Crippen LogP contribution in [0, 0.1) is 10.1 Å². The van der Waals surface area contributed by atoms with E-state index in [0.29, 0.717) is 23.0 Å². The molecule has 0 radical (unpaired) electrons. The molecule has 1 aromatic rings. The van der Waals surface area contributed by atoms with Crippen molar-refractivity contribution in [3.63, 3.8) is 0 Å². The van der Waals surface area contributed by atoms with E-state index in [1.54, 1.807) is 0 Å². The lowest BCUT2D eigenvalue weighted by Gasteiger charge is -2.08. The van der Waals surface area contributed by atoms with E-state index in [2.05, 4.69) is 21.2 Å². The van der Waals surface area contributed by atoms with Crippen LogP contribution in [0.5, 0.6) is 0 Å². The number of amides is 1. The minimum absolute atomic E-state index is 0.0191. The van der Waals surface area contributed by atoms with Gasteiger partial charge >= 0.3 is 0 Å². The van der Waals surface area contributed by atoms with Gasteiger partial charge in [0.15, 0.2) is 0 Å². The Morgan fingerprint density at radius 3 is 2.78 bits per heavy atom. The molecule has 1 unspecified atom stereocenters. The number of nitrogens with zero attached hydrogens (tertiary/aromatic N) is 1. The van der Waals surface area contributed by atoms with E-state index in [0.717, 1.165) is 0 Å². The first-order valence-corrected chi connectivity index (χ1v) is 6.19. The van der Waals surface area contributed by atoms with Gasteiger partial charge in [-0.25, -0.2) is 0 Å². The maximum absolute atomic E-state index is 11.8. The summed E-state index contributed by atoms with van der Waals surface area (Å²) >= 11 is 3.15. The summed E-state index contributed by atoms with van der Waals surface area (Å²) in [5.41, 5.74) is 5.87. The first kappa shape index (κ1) is 14.6. The fourth-order valence-electron chi connectivity index (χ4n) is 1.31. The van der Waals surface area contributed by atoms with E-state index in [4.69, 9.17) is 5.73 Å². The molecule has 7 heteroatoms. The average molecular weight is 316 g/mol. The molecule has 0 saturated heterocycles. The lowest BCUT2D eigenvalue weighted by Crippen LogP contribution is -2.29. The monoisotopic (exact) mass is 315 g/mol. The molecule has 1 aromatic carbocycles. The molecule has 0 aromatic heterocycles. The highest BCUT2D eigenvalue weighted by Crippen LogP contribution is 2.22. The highest BCUT2D eigenvalue weighted by atomic mass is 79.9. The third kappa shape index (κ3) is 4.08. The van der Waals surface area contributed by atoms with Crippen LogP contribution in [0.15, 0.2) is 22.7 Å². The fraction of sp³-hybridized carbons (Fsp3) is 0.364. The van der Waals surface area contributed by atoms with Crippen LogP contribution in [0.3, 0.4) is 0 Å². The fourth-order valence-corrected chi connectivity index (χ4v) is 1.86. The molecule has 18 heavy (non-hydrogen) atoms. The van der Waals surface area contributed by atoms with Crippen molar-refractivity contribution in [3.8, 4) is 0 Å². The second kappa shape index (κ2) is 6.46. The average Bonchev–Trinajstić information content (AvgIpc) is 2.27. The molecule has 3 N–H and O–H groups in total. The number of halogens is 1. The summed E-state index contributed by atoms with van der Waals surface area (Å²) < 4.78 is 0.398. The predicted molar refractivity (Wildman–Crippen MR) is 71.4 cm³/mol. The number of hydrogen-bond acceptors (Lipinski definition) is 4. The summed E-state index contributed by atoms with van der Waals surface area (Å²) in [7, 11) is 0. The normalized spacial score (nSPS) is 11.9. The molecule has 1 rings (SSSR count). The highest BCUT2D eigenvalue weighted by molar-refractivity contribution is 9.10. The Balaban J connectivity index is 2.72. The smallest absolute Gasteiger partial charge is 0.270 e. The van der Waals surface area contributed by atoms with Gasteiger partial charge in [0, 0.05) is 29.2 Å². The van der Waals surface area contributed by atoms with Crippen LogP contribution in [-0.2, 0) is 0 Å². The summed E-state index contributed by atoms with van der Waals surface area (Å²) in [5.74, 6) is -0.280. The van der Waals surface area contributed by atoms with Gasteiger partial charge in [0.2, 0.25) is 0 Å². The number of nitro groups is 1. The molecule has 0 saturated carbocycles. The van der Waals surface area contributed by atoms with Gasteiger partial charge in [0.25, 0.3) is 11.6 Å². The van der Waals surface area contributed by atoms with Crippen LogP contribution < -0.4 is 11.1 Å². The number of nitro benzene ring substituents is 1. The molecule has 98 valence electrons. The maximum Gasteiger partial charge on any atom is 0.270 e. The number of nitrogens with two attached hydrogens (primary N) is 1. The van der Waals surface area contributed by atoms with Crippen molar-refractivity contribution >= 4 is 27.5 Å². The molecule has 0 spiro atoms. The second-order valence-corrected chi connectivity index (χ2v) is 4.80. The summed E-state index contributed by atoms with van der Waals surface area (Å²) in [4.78, 5) is 21.8. The van der Waals surface area contributed by atoms with Crippen molar-refractivity contribution < 1.29 is 9.72 Å². The molecule has 0 aliphatic carbocycles. The van der Waals surface area contributed by atoms with Gasteiger partial charge < -0.3 is 11.1 Å². The zero-order valence-electron chi connectivity index (χ0n) is 9.85. The number of hydrogen-bond donors (Lipinski definition) is 2. The van der Waals surface area contributed by atoms with E-state index in [9.17, 15) is 14.9 Å². The third-order valence-corrected chi connectivity index (χ3v) is 2.95. The van der Waals surface area contributed by atoms with Crippen molar-refractivity contribution in [1.82, 2.24) is 5.32 Å². The molecule has 1 amide bonds. The Hall–Kier alpha value is -1.47. The lowest BCUT2D eigenvalue weighted by molar-refractivity contribution is -0.384. The van der Waals surface area contributed by atoms with Crippen LogP contribution >= 0.6 is 15.9 Å². The minimum atomic E-state index is -0.511. The SMILES string of the molecule is CC(N)CCNC(=O)c1ccc([N+](=O)[O-])cc1Br. The second-order valence-electron chi connectivity index (χ2n) is 3.94. The zero-order valence-corrected chi connectivity index (χ0v) is 11.4. The number of nitrogens with one attached hydrogen (secondary N) is 1. The van der Waals surface area contributed by atoms with E-state index in [-0.39, 0.29) is 17.6 Å². The highest BCUT2D eigenvalue weighted by Gasteiger charge is 2.14. The Morgan fingerprint density at radius 1 is 1.61 bits per heavy atom. The van der Waals surface area contributed by atoms with E-state index in [1.165, 1.54) is 18.2 Å². The van der Waals surface area contributed by atoms with Gasteiger partial charge in [-0.05, 0) is 35.3 Å². The lowest BCUT2D eigenvalue weighted by atomic mass is 10.2. The quantitative estimate of drug-likeness (QED) is 0.639. The van der Waals surface area contributed by atoms with Gasteiger partial charge in [0.05, 0.1) is 10.5 Å². The summed E-state index contributed by atoms with van der Waals surface area (Å²) in [6.45, 7) is 2.33. The Bertz CT molecular complexity index is 463. The topological polar surface area (TPSA) is 98.3 Å². The Morgan fingerprint density at radius 2 is 2.28 bits per heavy atom. The molecule has 0 aliphatic rings. The van der Waals surface area contributed by atoms with Crippen molar-refractivity contribution in [1.29, 1.82) is 0 Å². The van der Waals surface area contributed by atoms with Gasteiger partial charge in [-0.1, -0.05) is 0 Å². The van der Waals surface area contributed by atoms with Gasteiger partial charge in [-0.2, -0.15) is 0 Å². The van der Waals surface area contributed by atoms with Crippen LogP contribution in [-0.4, -0.2) is 23.4 Å².